The van der Waals surface area contributed by atoms with Gasteiger partial charge in [0.1, 0.15) is 6.61 Å². The normalized spacial score (nSPS) is 16.4. The predicted octanol–water partition coefficient (Wildman–Crippen LogP) is 4.06. The minimum Gasteiger partial charge on any atom is -0.457 e. The largest absolute Gasteiger partial charge is 0.457 e. The van der Waals surface area contributed by atoms with Crippen molar-refractivity contribution in [1.29, 1.82) is 0 Å². The molecule has 4 rings (SSSR count). The number of β-lactam (4-membered cyclic amide) rings is 1. The molecular formula is C26H23NO5. The number of ether oxygens (including phenoxy) is 1. The van der Waals surface area contributed by atoms with Gasteiger partial charge in [-0.2, -0.15) is 5.06 Å². The third-order valence-electron chi connectivity index (χ3n) is 5.24. The Hall–Kier alpha value is -3.77. The summed E-state index contributed by atoms with van der Waals surface area (Å²) in [4.78, 5) is 43.3. The van der Waals surface area contributed by atoms with Gasteiger partial charge in [-0.15, -0.1) is 0 Å². The fourth-order valence-electron chi connectivity index (χ4n) is 3.66. The molecule has 0 saturated carbocycles. The molecule has 0 spiro atoms. The van der Waals surface area contributed by atoms with E-state index >= 15 is 0 Å². The van der Waals surface area contributed by atoms with E-state index < -0.39 is 23.7 Å². The molecule has 32 heavy (non-hydrogen) atoms. The maximum atomic E-state index is 12.8. The molecule has 1 fully saturated rings. The van der Waals surface area contributed by atoms with Crippen LogP contribution in [0.25, 0.3) is 0 Å². The number of hydrogen-bond acceptors (Lipinski definition) is 5. The Morgan fingerprint density at radius 3 is 2.16 bits per heavy atom. The summed E-state index contributed by atoms with van der Waals surface area (Å²) in [6.45, 7) is 1.94. The van der Waals surface area contributed by atoms with Gasteiger partial charge in [-0.05, 0) is 29.7 Å². The third-order valence-corrected chi connectivity index (χ3v) is 5.24. The lowest BCUT2D eigenvalue weighted by atomic mass is 9.91. The molecule has 0 bridgehead atoms. The lowest BCUT2D eigenvalue weighted by Gasteiger charge is -2.39. The molecule has 0 aromatic heterocycles. The van der Waals surface area contributed by atoms with Crippen LogP contribution in [0, 0.1) is 0 Å². The quantitative estimate of drug-likeness (QED) is 0.307. The molecule has 1 heterocycles. The molecule has 6 heteroatoms. The van der Waals surface area contributed by atoms with E-state index in [0.717, 1.165) is 16.2 Å². The first kappa shape index (κ1) is 21.5. The van der Waals surface area contributed by atoms with Crippen LogP contribution >= 0.6 is 0 Å². The summed E-state index contributed by atoms with van der Waals surface area (Å²) in [7, 11) is 0. The molecular weight excluding hydrogens is 406 g/mol. The van der Waals surface area contributed by atoms with Gasteiger partial charge in [0.25, 0.3) is 5.78 Å². The summed E-state index contributed by atoms with van der Waals surface area (Å²) < 4.78 is 5.44. The van der Waals surface area contributed by atoms with Crippen molar-refractivity contribution in [3.8, 4) is 0 Å². The Kier molecular flexibility index (Phi) is 6.42. The van der Waals surface area contributed by atoms with Crippen LogP contribution in [-0.4, -0.2) is 28.8 Å². The van der Waals surface area contributed by atoms with Gasteiger partial charge in [-0.25, -0.2) is 4.79 Å². The number of nitrogens with zero attached hydrogens (tertiary/aromatic N) is 1. The standard InChI is InChI=1S/C26H23NO5/c1-18(16-19-10-4-2-5-11-19)32-27-23(24(28)25(27)29)21-14-8-9-15-22(21)26(30)31-17-20-12-6-3-7-13-20/h2-15,18,23H,16-17H2,1H3. The molecule has 6 nitrogen and oxygen atoms in total. The van der Waals surface area contributed by atoms with Gasteiger partial charge in [0.2, 0.25) is 0 Å². The van der Waals surface area contributed by atoms with Gasteiger partial charge in [0.15, 0.2) is 6.04 Å². The summed E-state index contributed by atoms with van der Waals surface area (Å²) in [5, 5.41) is 1.07. The summed E-state index contributed by atoms with van der Waals surface area (Å²) in [5.41, 5.74) is 2.54. The van der Waals surface area contributed by atoms with Crippen molar-refractivity contribution < 1.29 is 24.0 Å². The van der Waals surface area contributed by atoms with Crippen LogP contribution in [-0.2, 0) is 32.2 Å². The molecule has 0 aliphatic carbocycles. The van der Waals surface area contributed by atoms with E-state index in [1.54, 1.807) is 24.3 Å². The average molecular weight is 429 g/mol. The van der Waals surface area contributed by atoms with Gasteiger partial charge in [-0.3, -0.25) is 14.4 Å². The number of rotatable bonds is 8. The van der Waals surface area contributed by atoms with Crippen LogP contribution in [0.3, 0.4) is 0 Å². The highest BCUT2D eigenvalue weighted by molar-refractivity contribution is 6.44. The van der Waals surface area contributed by atoms with E-state index in [0.29, 0.717) is 12.0 Å². The van der Waals surface area contributed by atoms with E-state index in [-0.39, 0.29) is 18.3 Å². The molecule has 0 N–H and O–H groups in total. The number of ketones is 1. The molecule has 2 atom stereocenters. The second-order valence-electron chi connectivity index (χ2n) is 7.65. The van der Waals surface area contributed by atoms with Gasteiger partial charge < -0.3 is 4.74 Å². The topological polar surface area (TPSA) is 72.9 Å². The summed E-state index contributed by atoms with van der Waals surface area (Å²) in [6.07, 6.45) is 0.237. The summed E-state index contributed by atoms with van der Waals surface area (Å²) in [5.74, 6) is -1.89. The van der Waals surface area contributed by atoms with E-state index in [1.807, 2.05) is 67.6 Å². The first-order chi connectivity index (χ1) is 15.5. The van der Waals surface area contributed by atoms with Crippen molar-refractivity contribution in [3.63, 3.8) is 0 Å². The Morgan fingerprint density at radius 2 is 1.47 bits per heavy atom. The zero-order valence-electron chi connectivity index (χ0n) is 17.6. The second-order valence-corrected chi connectivity index (χ2v) is 7.65. The molecule has 3 aromatic carbocycles. The van der Waals surface area contributed by atoms with Crippen molar-refractivity contribution in [2.75, 3.05) is 0 Å². The Balaban J connectivity index is 1.48. The molecule has 1 saturated heterocycles. The van der Waals surface area contributed by atoms with Crippen molar-refractivity contribution in [2.45, 2.75) is 32.1 Å². The zero-order chi connectivity index (χ0) is 22.5. The van der Waals surface area contributed by atoms with Crippen LogP contribution in [0.4, 0.5) is 0 Å². The number of carbonyl (C=O) groups excluding carboxylic acids is 3. The first-order valence-electron chi connectivity index (χ1n) is 10.4. The lowest BCUT2D eigenvalue weighted by Crippen LogP contribution is -2.56. The fourth-order valence-corrected chi connectivity index (χ4v) is 3.66. The van der Waals surface area contributed by atoms with Crippen LogP contribution < -0.4 is 0 Å². The molecule has 162 valence electrons. The predicted molar refractivity (Wildman–Crippen MR) is 117 cm³/mol. The number of hydrogen-bond donors (Lipinski definition) is 0. The number of amides is 1. The number of carbonyl (C=O) groups is 3. The number of benzene rings is 3. The minimum atomic E-state index is -0.971. The van der Waals surface area contributed by atoms with Gasteiger partial charge in [0.05, 0.1) is 11.7 Å². The van der Waals surface area contributed by atoms with E-state index in [9.17, 15) is 14.4 Å². The highest BCUT2D eigenvalue weighted by Crippen LogP contribution is 2.35. The number of Topliss-reactive ketones (excluding diaryl/α,β-unsaturated/α-hetero) is 1. The molecule has 1 aliphatic heterocycles. The van der Waals surface area contributed by atoms with Crippen LogP contribution in [0.2, 0.25) is 0 Å². The van der Waals surface area contributed by atoms with E-state index in [4.69, 9.17) is 9.57 Å². The molecule has 1 aliphatic rings. The number of hydroxylamine groups is 2. The van der Waals surface area contributed by atoms with Crippen molar-refractivity contribution in [3.05, 3.63) is 107 Å². The first-order valence-corrected chi connectivity index (χ1v) is 10.4. The van der Waals surface area contributed by atoms with E-state index in [1.165, 1.54) is 0 Å². The van der Waals surface area contributed by atoms with Crippen molar-refractivity contribution >= 4 is 17.7 Å². The highest BCUT2D eigenvalue weighted by Gasteiger charge is 2.50. The SMILES string of the molecule is CC(Cc1ccccc1)ON1C(=O)C(=O)C1c1ccccc1C(=O)OCc1ccccc1. The molecule has 2 unspecified atom stereocenters. The second kappa shape index (κ2) is 9.58. The Morgan fingerprint density at radius 1 is 0.875 bits per heavy atom. The lowest BCUT2D eigenvalue weighted by molar-refractivity contribution is -0.238. The van der Waals surface area contributed by atoms with Crippen LogP contribution in [0.15, 0.2) is 84.9 Å². The Labute approximate surface area is 186 Å². The molecule has 0 radical (unpaired) electrons. The minimum absolute atomic E-state index is 0.111. The smallest absolute Gasteiger partial charge is 0.338 e. The molecule has 1 amide bonds. The number of esters is 1. The van der Waals surface area contributed by atoms with Crippen LogP contribution in [0.5, 0.6) is 0 Å². The van der Waals surface area contributed by atoms with E-state index in [2.05, 4.69) is 0 Å². The van der Waals surface area contributed by atoms with Gasteiger partial charge >= 0.3 is 11.9 Å². The third kappa shape index (κ3) is 4.60. The maximum Gasteiger partial charge on any atom is 0.338 e. The monoisotopic (exact) mass is 429 g/mol. The van der Waals surface area contributed by atoms with Crippen molar-refractivity contribution in [1.82, 2.24) is 5.06 Å². The van der Waals surface area contributed by atoms with Gasteiger partial charge in [-0.1, -0.05) is 78.9 Å². The fraction of sp³-hybridized carbons (Fsp3) is 0.192. The average Bonchev–Trinajstić information content (AvgIpc) is 2.83. The highest BCUT2D eigenvalue weighted by atomic mass is 16.7. The molecule has 3 aromatic rings. The maximum absolute atomic E-state index is 12.8. The zero-order valence-corrected chi connectivity index (χ0v) is 17.6. The summed E-state index contributed by atoms with van der Waals surface area (Å²) >= 11 is 0. The Bertz CT molecular complexity index is 1110. The van der Waals surface area contributed by atoms with Gasteiger partial charge in [0, 0.05) is 6.42 Å². The summed E-state index contributed by atoms with van der Waals surface area (Å²) in [6, 6.07) is 24.7. The van der Waals surface area contributed by atoms with Crippen molar-refractivity contribution in [2.24, 2.45) is 0 Å². The van der Waals surface area contributed by atoms with Crippen LogP contribution in [0.1, 0.15) is 40.0 Å².